The summed E-state index contributed by atoms with van der Waals surface area (Å²) in [6.45, 7) is 17.1. The standard InChI is InChI=1S/C36H25N2.C29H19N2.2C13H12N.2C12H10N.C11H8N.7Ir/c1-36(2)31-16-7-5-14-27(31)29-21-30-28-15-6-8-17-33(28)38(34(30)22-32(29)36)25-12-9-11-24(20-25)35-26-13-4-3-10-23(26)18-19-37-35;1-2-9-21(10-3-1)22-16-17-29-26(20-22)25-13-4-5-15-28(25)31(29)24-12-8-11-23(19-24)27-14-6-7-18-30-27;1-10-4-3-5-12(8-10)13-9-11(2)6-7-14-13;1-10-8-11(2)13(14-9-10)12-6-4-3-5-7-12;1-10-6-5-9-13-12(10)11-7-3-2-4-8-11;1-10-7-8-13-12(9-10)11-5-3-2-4-6-11;1-2-6-10(7-3-1)11-8-4-5-9-12-11;;;;;;;/h3-10,12-22H,1-2H3;1-10,12-20H;3-4,6-9H,1-2H3;3-6,8-9H,1-2H3;2-7,9H,1H3;2-5,7-9H,1H3;1-6,8-9H;;;;;;;/q7*-1;;;;;;;. The second-order valence-corrected chi connectivity index (χ2v) is 33.8. The van der Waals surface area contributed by atoms with Crippen LogP contribution in [-0.4, -0.2) is 44.0 Å². The molecule has 7 radical (unpaired) electrons. The van der Waals surface area contributed by atoms with Crippen molar-refractivity contribution in [1.29, 1.82) is 0 Å². The predicted octanol–water partition coefficient (Wildman–Crippen LogP) is 31.0. The van der Waals surface area contributed by atoms with E-state index in [1.165, 1.54) is 116 Å². The maximum atomic E-state index is 4.77. The Labute approximate surface area is 927 Å². The molecule has 9 heterocycles. The number of nitrogens with zero attached hydrogens (tertiary/aromatic N) is 9. The summed E-state index contributed by atoms with van der Waals surface area (Å²) >= 11 is 0. The Morgan fingerprint density at radius 3 is 1.24 bits per heavy atom. The summed E-state index contributed by atoms with van der Waals surface area (Å²) in [4.78, 5) is 30.8. The molecule has 14 aromatic carbocycles. The average molecular weight is 3080 g/mol. The van der Waals surface area contributed by atoms with Gasteiger partial charge in [-0.05, 0) is 208 Å². The Morgan fingerprint density at radius 1 is 0.225 bits per heavy atom. The summed E-state index contributed by atoms with van der Waals surface area (Å²) in [5.74, 6) is 0. The minimum absolute atomic E-state index is 0. The molecule has 9 nitrogen and oxygen atoms in total. The van der Waals surface area contributed by atoms with Gasteiger partial charge in [-0.15, -0.1) is 239 Å². The minimum atomic E-state index is -0.0517. The topological polar surface area (TPSA) is 100 Å². The molecule has 715 valence electrons. The van der Waals surface area contributed by atoms with Crippen LogP contribution in [0.1, 0.15) is 58.4 Å². The van der Waals surface area contributed by atoms with Crippen LogP contribution in [0, 0.1) is 84.0 Å². The molecule has 1 aliphatic carbocycles. The Morgan fingerprint density at radius 2 is 0.669 bits per heavy atom. The van der Waals surface area contributed by atoms with E-state index in [0.717, 1.165) is 95.6 Å². The van der Waals surface area contributed by atoms with Gasteiger partial charge < -0.3 is 44.0 Å². The summed E-state index contributed by atoms with van der Waals surface area (Å²) in [6.07, 6.45) is 12.9. The molecular weight excluding hydrogens is 2980 g/mol. The first-order valence-corrected chi connectivity index (χ1v) is 45.3. The van der Waals surface area contributed by atoms with E-state index in [9.17, 15) is 0 Å². The average Bonchev–Trinajstić information content (AvgIpc) is 1.55. The van der Waals surface area contributed by atoms with Crippen molar-refractivity contribution in [2.75, 3.05) is 0 Å². The largest absolute Gasteiger partial charge is 0.327 e. The van der Waals surface area contributed by atoms with Crippen LogP contribution >= 0.6 is 0 Å². The van der Waals surface area contributed by atoms with Gasteiger partial charge in [0.05, 0.1) is 22.1 Å². The molecule has 0 saturated carbocycles. The fraction of sp³-hybridized carbons (Fsp3) is 0.0714. The van der Waals surface area contributed by atoms with Gasteiger partial charge in [-0.25, -0.2) is 0 Å². The van der Waals surface area contributed by atoms with Crippen LogP contribution in [0.2, 0.25) is 0 Å². The molecule has 0 spiro atoms. The van der Waals surface area contributed by atoms with Crippen molar-refractivity contribution in [1.82, 2.24) is 44.0 Å². The van der Waals surface area contributed by atoms with E-state index < -0.39 is 0 Å². The molecule has 0 amide bonds. The van der Waals surface area contributed by atoms with Crippen molar-refractivity contribution < 1.29 is 141 Å². The monoisotopic (exact) mass is 3090 g/mol. The number of aromatic nitrogens is 9. The first-order chi connectivity index (χ1) is 66.2. The normalized spacial score (nSPS) is 10.8. The number of rotatable bonds is 10. The van der Waals surface area contributed by atoms with Crippen molar-refractivity contribution in [2.24, 2.45) is 0 Å². The predicted molar refractivity (Wildman–Crippen MR) is 557 cm³/mol. The maximum absolute atomic E-state index is 4.77. The second kappa shape index (κ2) is 52.5. The molecule has 23 aromatic rings. The molecule has 1 aliphatic rings. The molecule has 0 unspecified atom stereocenters. The third-order valence-corrected chi connectivity index (χ3v) is 24.0. The van der Waals surface area contributed by atoms with Crippen molar-refractivity contribution in [3.05, 3.63) is 525 Å². The van der Waals surface area contributed by atoms with E-state index in [0.29, 0.717) is 0 Å². The number of aryl methyl sites for hydroxylation is 6. The molecule has 0 aliphatic heterocycles. The molecule has 0 bridgehead atoms. The van der Waals surface area contributed by atoms with Crippen LogP contribution < -0.4 is 0 Å². The fourth-order valence-corrected chi connectivity index (χ4v) is 17.4. The SMILES string of the molecule is CC1(C)c2ccccc2-c2cc3c4ccccc4n(-c4cc[c-]c(-c5nccc6ccccc56)c4)c3cc21.Cc1cc[c-]c(-c2cc(C)ccn2)c1.Cc1cccnc1-c1[c-]cccc1.Cc1ccnc(-c2[c-]cccc2)c1.Cc1cnc(-c2[c-]cccc2)c(C)c1.[Ir].[Ir].[Ir].[Ir].[Ir].[Ir].[Ir].[c-]1ccc(-n2c3ccccc3c3cc(-c4ccccc4)ccc32)cc1-c1ccccn1.[c-]1ccccc1-c1ccccn1. The van der Waals surface area contributed by atoms with E-state index in [4.69, 9.17) is 4.98 Å². The van der Waals surface area contributed by atoms with E-state index in [2.05, 4.69) is 355 Å². The number of pyridine rings is 7. The minimum Gasteiger partial charge on any atom is -0.327 e. The molecule has 24 rings (SSSR count). The zero-order valence-corrected chi connectivity index (χ0v) is 95.7. The van der Waals surface area contributed by atoms with Gasteiger partial charge in [0.1, 0.15) is 0 Å². The van der Waals surface area contributed by atoms with Gasteiger partial charge in [-0.3, -0.25) is 0 Å². The zero-order valence-electron chi connectivity index (χ0n) is 78.9. The van der Waals surface area contributed by atoms with Gasteiger partial charge in [0.15, 0.2) is 0 Å². The Balaban J connectivity index is 0.000000166. The zero-order chi connectivity index (χ0) is 92.4. The molecule has 0 fully saturated rings. The van der Waals surface area contributed by atoms with Crippen molar-refractivity contribution in [2.45, 2.75) is 60.8 Å². The molecule has 142 heavy (non-hydrogen) atoms. The smallest absolute Gasteiger partial charge is 0.0527 e. The second-order valence-electron chi connectivity index (χ2n) is 33.8. The van der Waals surface area contributed by atoms with Gasteiger partial charge in [0, 0.05) is 211 Å². The van der Waals surface area contributed by atoms with E-state index in [-0.39, 0.29) is 146 Å². The quantitative estimate of drug-likeness (QED) is 0.126. The van der Waals surface area contributed by atoms with Crippen molar-refractivity contribution >= 4 is 54.4 Å². The molecule has 0 N–H and O–H groups in total. The van der Waals surface area contributed by atoms with E-state index >= 15 is 0 Å². The van der Waals surface area contributed by atoms with Crippen LogP contribution in [0.4, 0.5) is 0 Å². The number of benzene rings is 14. The summed E-state index contributed by atoms with van der Waals surface area (Å²) in [5, 5.41) is 7.38. The van der Waals surface area contributed by atoms with Crippen molar-refractivity contribution in [3.8, 4) is 112 Å². The van der Waals surface area contributed by atoms with Crippen LogP contribution in [0.3, 0.4) is 0 Å². The number of hydrogen-bond acceptors (Lipinski definition) is 7. The molecule has 16 heteroatoms. The summed E-state index contributed by atoms with van der Waals surface area (Å²) in [5.41, 5.74) is 36.4. The Kier molecular flexibility index (Phi) is 40.6. The van der Waals surface area contributed by atoms with Crippen LogP contribution in [0.15, 0.2) is 438 Å². The third-order valence-electron chi connectivity index (χ3n) is 24.0. The van der Waals surface area contributed by atoms with E-state index in [1.807, 2.05) is 213 Å². The first-order valence-electron chi connectivity index (χ1n) is 45.3. The molecule has 9 aromatic heterocycles. The molecule has 0 saturated heterocycles. The maximum Gasteiger partial charge on any atom is 0.0527 e. The van der Waals surface area contributed by atoms with Gasteiger partial charge in [0.25, 0.3) is 0 Å². The Hall–Kier alpha value is -12.5. The van der Waals surface area contributed by atoms with Crippen molar-refractivity contribution in [3.63, 3.8) is 0 Å². The molecule has 0 atom stereocenters. The number of hydrogen-bond donors (Lipinski definition) is 0. The van der Waals surface area contributed by atoms with Crippen LogP contribution in [-0.2, 0) is 146 Å². The number of fused-ring (bicyclic) bond motifs is 10. The van der Waals surface area contributed by atoms with Crippen LogP contribution in [0.5, 0.6) is 0 Å². The van der Waals surface area contributed by atoms with Gasteiger partial charge in [0.2, 0.25) is 0 Å². The first kappa shape index (κ1) is 110. The third kappa shape index (κ3) is 25.9. The Bertz CT molecular complexity index is 7950. The fourth-order valence-electron chi connectivity index (χ4n) is 17.4. The molecular formula is C126H96Ir7N9-7. The summed E-state index contributed by atoms with van der Waals surface area (Å²) < 4.78 is 4.74. The van der Waals surface area contributed by atoms with Gasteiger partial charge in [-0.1, -0.05) is 213 Å². The number of para-hydroxylation sites is 2. The summed E-state index contributed by atoms with van der Waals surface area (Å²) in [6, 6.07) is 158. The van der Waals surface area contributed by atoms with Gasteiger partial charge >= 0.3 is 0 Å². The van der Waals surface area contributed by atoms with Gasteiger partial charge in [-0.2, -0.15) is 0 Å². The van der Waals surface area contributed by atoms with E-state index in [1.54, 1.807) is 6.20 Å². The summed E-state index contributed by atoms with van der Waals surface area (Å²) in [7, 11) is 0. The van der Waals surface area contributed by atoms with Crippen LogP contribution in [0.25, 0.3) is 167 Å².